The molecule has 0 spiro atoms. The lowest BCUT2D eigenvalue weighted by Crippen LogP contribution is -2.08. The van der Waals surface area contributed by atoms with Crippen molar-refractivity contribution >= 4 is 21.6 Å². The van der Waals surface area contributed by atoms with Crippen molar-refractivity contribution < 1.29 is 9.13 Å². The molecule has 66 valence electrons. The number of halogens is 2. The molecule has 1 rings (SSSR count). The number of rotatable bonds is 2. The molecule has 0 amide bonds. The number of hydrogen-bond donors (Lipinski definition) is 2. The highest BCUT2D eigenvalue weighted by molar-refractivity contribution is 9.10. The van der Waals surface area contributed by atoms with E-state index in [9.17, 15) is 4.39 Å². The van der Waals surface area contributed by atoms with Gasteiger partial charge in [-0.1, -0.05) is 0 Å². The van der Waals surface area contributed by atoms with Crippen LogP contribution >= 0.6 is 15.9 Å². The Labute approximate surface area is 77.8 Å². The number of nitrogens with two attached hydrogens (primary N) is 1. The number of nitrogens with one attached hydrogen (secondary N) is 1. The summed E-state index contributed by atoms with van der Waals surface area (Å²) in [7, 11) is 1.49. The van der Waals surface area contributed by atoms with E-state index in [1.807, 2.05) is 0 Å². The first kappa shape index (κ1) is 9.28. The minimum atomic E-state index is -0.385. The fourth-order valence-electron chi connectivity index (χ4n) is 0.810. The van der Waals surface area contributed by atoms with E-state index in [2.05, 4.69) is 21.4 Å². The third-order valence-electron chi connectivity index (χ3n) is 1.40. The van der Waals surface area contributed by atoms with Crippen molar-refractivity contribution in [3.63, 3.8) is 0 Å². The monoisotopic (exact) mass is 234 g/mol. The second-order valence-electron chi connectivity index (χ2n) is 2.11. The van der Waals surface area contributed by atoms with Gasteiger partial charge in [0.05, 0.1) is 17.3 Å². The molecule has 0 aliphatic rings. The molecule has 1 aromatic carbocycles. The lowest BCUT2D eigenvalue weighted by molar-refractivity contribution is 0.415. The van der Waals surface area contributed by atoms with Gasteiger partial charge in [0.25, 0.3) is 0 Å². The molecule has 5 heteroatoms. The quantitative estimate of drug-likeness (QED) is 0.607. The molecule has 0 aliphatic heterocycles. The summed E-state index contributed by atoms with van der Waals surface area (Å²) in [6.45, 7) is 0. The summed E-state index contributed by atoms with van der Waals surface area (Å²) in [5.74, 6) is 5.24. The number of benzene rings is 1. The molecule has 0 aromatic heterocycles. The Balaban J connectivity index is 3.19. The Morgan fingerprint density at radius 2 is 2.25 bits per heavy atom. The van der Waals surface area contributed by atoms with E-state index in [0.717, 1.165) is 0 Å². The molecule has 0 radical (unpaired) electrons. The van der Waals surface area contributed by atoms with Gasteiger partial charge in [-0.15, -0.1) is 0 Å². The average Bonchev–Trinajstić information content (AvgIpc) is 2.09. The highest BCUT2D eigenvalue weighted by Gasteiger charge is 2.06. The number of methoxy groups -OCH3 is 1. The molecular formula is C7H8BrFN2O. The number of ether oxygens (including phenoxy) is 1. The topological polar surface area (TPSA) is 47.3 Å². The summed E-state index contributed by atoms with van der Waals surface area (Å²) in [5.41, 5.74) is 2.74. The molecule has 0 aliphatic carbocycles. The maximum absolute atomic E-state index is 12.9. The van der Waals surface area contributed by atoms with Crippen LogP contribution in [-0.2, 0) is 0 Å². The first-order valence-electron chi connectivity index (χ1n) is 3.18. The first-order chi connectivity index (χ1) is 5.69. The van der Waals surface area contributed by atoms with Crippen molar-refractivity contribution in [1.29, 1.82) is 0 Å². The Morgan fingerprint density at radius 3 is 2.75 bits per heavy atom. The van der Waals surface area contributed by atoms with E-state index >= 15 is 0 Å². The van der Waals surface area contributed by atoms with Gasteiger partial charge in [0.2, 0.25) is 0 Å². The third kappa shape index (κ3) is 1.67. The molecule has 12 heavy (non-hydrogen) atoms. The van der Waals surface area contributed by atoms with Crippen LogP contribution in [0.3, 0.4) is 0 Å². The van der Waals surface area contributed by atoms with E-state index in [-0.39, 0.29) is 5.82 Å². The SMILES string of the molecule is COc1cc(Br)c(F)cc1NN. The van der Waals surface area contributed by atoms with Gasteiger partial charge in [-0.3, -0.25) is 5.84 Å². The Hall–Kier alpha value is -0.810. The smallest absolute Gasteiger partial charge is 0.144 e. The standard InChI is InChI=1S/C7H8BrFN2O/c1-12-7-2-4(8)5(9)3-6(7)11-10/h2-3,11H,10H2,1H3. The molecule has 0 atom stereocenters. The van der Waals surface area contributed by atoms with Crippen molar-refractivity contribution in [2.45, 2.75) is 0 Å². The predicted molar refractivity (Wildman–Crippen MR) is 48.5 cm³/mol. The second-order valence-corrected chi connectivity index (χ2v) is 2.97. The molecule has 0 unspecified atom stereocenters. The Kier molecular flexibility index (Phi) is 2.88. The zero-order valence-corrected chi connectivity index (χ0v) is 7.98. The van der Waals surface area contributed by atoms with E-state index in [0.29, 0.717) is 15.9 Å². The first-order valence-corrected chi connectivity index (χ1v) is 3.98. The van der Waals surface area contributed by atoms with Crippen molar-refractivity contribution in [1.82, 2.24) is 0 Å². The van der Waals surface area contributed by atoms with E-state index in [1.54, 1.807) is 0 Å². The number of nitrogen functional groups attached to an aromatic ring is 1. The van der Waals surface area contributed by atoms with Crippen LogP contribution in [0.5, 0.6) is 5.75 Å². The summed E-state index contributed by atoms with van der Waals surface area (Å²) in [4.78, 5) is 0. The molecule has 0 heterocycles. The van der Waals surface area contributed by atoms with Crippen LogP contribution in [-0.4, -0.2) is 7.11 Å². The number of hydrazine groups is 1. The minimum absolute atomic E-state index is 0.346. The minimum Gasteiger partial charge on any atom is -0.494 e. The fourth-order valence-corrected chi connectivity index (χ4v) is 1.13. The van der Waals surface area contributed by atoms with Gasteiger partial charge in [0.15, 0.2) is 0 Å². The van der Waals surface area contributed by atoms with Crippen LogP contribution in [0.4, 0.5) is 10.1 Å². The van der Waals surface area contributed by atoms with Gasteiger partial charge in [-0.2, -0.15) is 0 Å². The molecular weight excluding hydrogens is 227 g/mol. The largest absolute Gasteiger partial charge is 0.494 e. The predicted octanol–water partition coefficient (Wildman–Crippen LogP) is 1.88. The van der Waals surface area contributed by atoms with Crippen LogP contribution < -0.4 is 16.0 Å². The molecule has 0 saturated carbocycles. The number of anilines is 1. The lowest BCUT2D eigenvalue weighted by atomic mass is 10.3. The normalized spacial score (nSPS) is 9.67. The molecule has 3 N–H and O–H groups in total. The Bertz CT molecular complexity index is 264. The highest BCUT2D eigenvalue weighted by atomic mass is 79.9. The van der Waals surface area contributed by atoms with Crippen LogP contribution in [0.2, 0.25) is 0 Å². The summed E-state index contributed by atoms with van der Waals surface area (Å²) < 4.78 is 18.2. The molecule has 0 fully saturated rings. The zero-order chi connectivity index (χ0) is 9.14. The van der Waals surface area contributed by atoms with Gasteiger partial charge in [0, 0.05) is 6.07 Å². The van der Waals surface area contributed by atoms with E-state index in [1.165, 1.54) is 19.2 Å². The zero-order valence-electron chi connectivity index (χ0n) is 6.40. The van der Waals surface area contributed by atoms with Crippen LogP contribution in [0, 0.1) is 5.82 Å². The molecule has 0 saturated heterocycles. The highest BCUT2D eigenvalue weighted by Crippen LogP contribution is 2.29. The van der Waals surface area contributed by atoms with Gasteiger partial charge >= 0.3 is 0 Å². The summed E-state index contributed by atoms with van der Waals surface area (Å²) in [5, 5.41) is 0. The number of hydrogen-bond acceptors (Lipinski definition) is 3. The van der Waals surface area contributed by atoms with Crippen molar-refractivity contribution in [3.05, 3.63) is 22.4 Å². The van der Waals surface area contributed by atoms with Gasteiger partial charge < -0.3 is 10.2 Å². The summed E-state index contributed by atoms with van der Waals surface area (Å²) in [6, 6.07) is 2.76. The van der Waals surface area contributed by atoms with Crippen LogP contribution in [0.1, 0.15) is 0 Å². The van der Waals surface area contributed by atoms with Gasteiger partial charge in [0.1, 0.15) is 11.6 Å². The van der Waals surface area contributed by atoms with Gasteiger partial charge in [-0.05, 0) is 22.0 Å². The molecule has 1 aromatic rings. The summed E-state index contributed by atoms with van der Waals surface area (Å²) in [6.07, 6.45) is 0. The molecule has 0 bridgehead atoms. The summed E-state index contributed by atoms with van der Waals surface area (Å²) >= 11 is 3.03. The van der Waals surface area contributed by atoms with Crippen LogP contribution in [0.25, 0.3) is 0 Å². The molecule has 3 nitrogen and oxygen atoms in total. The third-order valence-corrected chi connectivity index (χ3v) is 2.01. The maximum Gasteiger partial charge on any atom is 0.144 e. The second kappa shape index (κ2) is 3.73. The Morgan fingerprint density at radius 1 is 1.58 bits per heavy atom. The van der Waals surface area contributed by atoms with E-state index < -0.39 is 0 Å². The van der Waals surface area contributed by atoms with Crippen molar-refractivity contribution in [3.8, 4) is 5.75 Å². The van der Waals surface area contributed by atoms with Crippen LogP contribution in [0.15, 0.2) is 16.6 Å². The lowest BCUT2D eigenvalue weighted by Gasteiger charge is -2.08. The fraction of sp³-hybridized carbons (Fsp3) is 0.143. The average molecular weight is 235 g/mol. The van der Waals surface area contributed by atoms with Crippen molar-refractivity contribution in [2.24, 2.45) is 5.84 Å². The van der Waals surface area contributed by atoms with E-state index in [4.69, 9.17) is 10.6 Å². The van der Waals surface area contributed by atoms with Gasteiger partial charge in [-0.25, -0.2) is 4.39 Å². The van der Waals surface area contributed by atoms with Crippen molar-refractivity contribution in [2.75, 3.05) is 12.5 Å². The maximum atomic E-state index is 12.9.